The third kappa shape index (κ3) is 5.62. The first-order chi connectivity index (χ1) is 14.7. The van der Waals surface area contributed by atoms with Gasteiger partial charge in [0.15, 0.2) is 10.9 Å². The molecule has 1 aliphatic heterocycles. The van der Waals surface area contributed by atoms with E-state index in [0.717, 1.165) is 0 Å². The fraction of sp³-hybridized carbons (Fsp3) is 0.304. The molecule has 1 amide bonds. The largest absolute Gasteiger partial charge is 0.486 e. The van der Waals surface area contributed by atoms with Crippen molar-refractivity contribution in [2.75, 3.05) is 0 Å². The molecule has 0 unspecified atom stereocenters. The van der Waals surface area contributed by atoms with Crippen LogP contribution in [0.5, 0.6) is 5.75 Å². The maximum Gasteiger partial charge on any atom is 0.266 e. The SMILES string of the molecule is CC(C)N=C1S/C(=C/c2cc(Cl)c(OCc3ccccc3F)c(Cl)c2)C(=O)N1C(C)C. The number of hydrogen-bond acceptors (Lipinski definition) is 4. The Kier molecular flexibility index (Phi) is 7.68. The molecule has 0 spiro atoms. The average Bonchev–Trinajstić information content (AvgIpc) is 2.96. The minimum absolute atomic E-state index is 0.000732. The molecule has 0 atom stereocenters. The molecule has 1 saturated heterocycles. The molecule has 1 fully saturated rings. The molecule has 8 heteroatoms. The Morgan fingerprint density at radius 2 is 1.81 bits per heavy atom. The quantitative estimate of drug-likeness (QED) is 0.426. The summed E-state index contributed by atoms with van der Waals surface area (Å²) in [6.07, 6.45) is 1.74. The number of thioether (sulfide) groups is 1. The van der Waals surface area contributed by atoms with Crippen LogP contribution in [0.4, 0.5) is 4.39 Å². The second-order valence-corrected chi connectivity index (χ2v) is 9.40. The molecule has 3 rings (SSSR count). The minimum Gasteiger partial charge on any atom is -0.486 e. The van der Waals surface area contributed by atoms with Crippen molar-refractivity contribution in [3.8, 4) is 5.75 Å². The highest BCUT2D eigenvalue weighted by molar-refractivity contribution is 8.18. The molecule has 0 radical (unpaired) electrons. The lowest BCUT2D eigenvalue weighted by Gasteiger charge is -2.20. The summed E-state index contributed by atoms with van der Waals surface area (Å²) in [5.41, 5.74) is 1.07. The number of ether oxygens (including phenoxy) is 1. The average molecular weight is 481 g/mol. The molecule has 0 bridgehead atoms. The zero-order chi connectivity index (χ0) is 22.7. The van der Waals surface area contributed by atoms with Crippen molar-refractivity contribution >= 4 is 52.1 Å². The van der Waals surface area contributed by atoms with Gasteiger partial charge in [0.1, 0.15) is 12.4 Å². The van der Waals surface area contributed by atoms with Gasteiger partial charge < -0.3 is 4.74 Å². The van der Waals surface area contributed by atoms with Crippen LogP contribution < -0.4 is 4.74 Å². The second-order valence-electron chi connectivity index (χ2n) is 7.58. The van der Waals surface area contributed by atoms with Gasteiger partial charge in [-0.15, -0.1) is 0 Å². The Hall–Kier alpha value is -2.02. The molecule has 2 aromatic carbocycles. The molecule has 0 N–H and O–H groups in total. The van der Waals surface area contributed by atoms with Crippen molar-refractivity contribution in [3.63, 3.8) is 0 Å². The number of hydrogen-bond donors (Lipinski definition) is 0. The Morgan fingerprint density at radius 3 is 2.39 bits per heavy atom. The van der Waals surface area contributed by atoms with E-state index < -0.39 is 0 Å². The Labute approximate surface area is 196 Å². The summed E-state index contributed by atoms with van der Waals surface area (Å²) in [6, 6.07) is 9.75. The molecule has 0 aromatic heterocycles. The molecule has 4 nitrogen and oxygen atoms in total. The Balaban J connectivity index is 1.85. The number of halogens is 3. The summed E-state index contributed by atoms with van der Waals surface area (Å²) in [5, 5.41) is 1.24. The van der Waals surface area contributed by atoms with E-state index in [1.54, 1.807) is 41.3 Å². The lowest BCUT2D eigenvalue weighted by atomic mass is 10.2. The van der Waals surface area contributed by atoms with Gasteiger partial charge in [-0.05, 0) is 69.3 Å². The highest BCUT2D eigenvalue weighted by Crippen LogP contribution is 2.38. The van der Waals surface area contributed by atoms with Gasteiger partial charge >= 0.3 is 0 Å². The van der Waals surface area contributed by atoms with Crippen LogP contribution in [0, 0.1) is 5.82 Å². The number of carbonyl (C=O) groups is 1. The molecule has 0 saturated carbocycles. The van der Waals surface area contributed by atoms with Crippen molar-refractivity contribution in [1.29, 1.82) is 0 Å². The van der Waals surface area contributed by atoms with Crippen LogP contribution in [0.2, 0.25) is 10.0 Å². The highest BCUT2D eigenvalue weighted by Gasteiger charge is 2.35. The smallest absolute Gasteiger partial charge is 0.266 e. The lowest BCUT2D eigenvalue weighted by molar-refractivity contribution is -0.123. The number of aliphatic imine (C=N–C) groups is 1. The van der Waals surface area contributed by atoms with Crippen LogP contribution in [0.3, 0.4) is 0 Å². The van der Waals surface area contributed by atoms with Gasteiger partial charge in [-0.2, -0.15) is 0 Å². The monoisotopic (exact) mass is 480 g/mol. The van der Waals surface area contributed by atoms with E-state index in [9.17, 15) is 9.18 Å². The van der Waals surface area contributed by atoms with E-state index in [4.69, 9.17) is 27.9 Å². The van der Waals surface area contributed by atoms with E-state index in [1.807, 2.05) is 27.7 Å². The zero-order valence-corrected chi connectivity index (χ0v) is 20.0. The fourth-order valence-electron chi connectivity index (χ4n) is 2.97. The fourth-order valence-corrected chi connectivity index (χ4v) is 4.82. The molecular weight excluding hydrogens is 458 g/mol. The predicted molar refractivity (Wildman–Crippen MR) is 127 cm³/mol. The van der Waals surface area contributed by atoms with Gasteiger partial charge in [-0.25, -0.2) is 4.39 Å². The van der Waals surface area contributed by atoms with Crippen LogP contribution in [0.25, 0.3) is 6.08 Å². The van der Waals surface area contributed by atoms with E-state index in [2.05, 4.69) is 4.99 Å². The first-order valence-electron chi connectivity index (χ1n) is 9.83. The third-order valence-electron chi connectivity index (χ3n) is 4.37. The van der Waals surface area contributed by atoms with Crippen molar-refractivity contribution in [2.24, 2.45) is 4.99 Å². The number of amidine groups is 1. The van der Waals surface area contributed by atoms with E-state index in [1.165, 1.54) is 17.8 Å². The van der Waals surface area contributed by atoms with Crippen LogP contribution in [-0.2, 0) is 11.4 Å². The van der Waals surface area contributed by atoms with Gasteiger partial charge in [-0.1, -0.05) is 41.4 Å². The predicted octanol–water partition coefficient (Wildman–Crippen LogP) is 6.80. The van der Waals surface area contributed by atoms with Gasteiger partial charge in [0.25, 0.3) is 5.91 Å². The standard InChI is InChI=1S/C23H23Cl2FN2O2S/c1-13(2)27-23-28(14(3)4)22(29)20(31-23)11-15-9-17(24)21(18(25)10-15)30-12-16-7-5-6-8-19(16)26/h5-11,13-14H,12H2,1-4H3/b20-11+,27-23?. The number of amides is 1. The summed E-state index contributed by atoms with van der Waals surface area (Å²) >= 11 is 14.1. The summed E-state index contributed by atoms with van der Waals surface area (Å²) in [7, 11) is 0. The third-order valence-corrected chi connectivity index (χ3v) is 5.93. The summed E-state index contributed by atoms with van der Waals surface area (Å²) in [5.74, 6) is -0.196. The normalized spacial score (nSPS) is 16.9. The molecule has 1 aliphatic rings. The van der Waals surface area contributed by atoms with Crippen LogP contribution >= 0.6 is 35.0 Å². The Morgan fingerprint density at radius 1 is 1.16 bits per heavy atom. The number of nitrogens with zero attached hydrogens (tertiary/aromatic N) is 2. The molecule has 0 aliphatic carbocycles. The minimum atomic E-state index is -0.360. The van der Waals surface area contributed by atoms with E-state index >= 15 is 0 Å². The van der Waals surface area contributed by atoms with Crippen molar-refractivity contribution in [3.05, 3.63) is 68.3 Å². The highest BCUT2D eigenvalue weighted by atomic mass is 35.5. The van der Waals surface area contributed by atoms with Crippen LogP contribution in [0.1, 0.15) is 38.8 Å². The van der Waals surface area contributed by atoms with Crippen LogP contribution in [-0.4, -0.2) is 28.1 Å². The summed E-state index contributed by atoms with van der Waals surface area (Å²) in [6.45, 7) is 7.84. The second kappa shape index (κ2) is 10.1. The number of carbonyl (C=O) groups excluding carboxylic acids is 1. The lowest BCUT2D eigenvalue weighted by Crippen LogP contribution is -2.35. The maximum atomic E-state index is 13.8. The van der Waals surface area contributed by atoms with Gasteiger partial charge in [0.2, 0.25) is 0 Å². The van der Waals surface area contributed by atoms with Crippen molar-refractivity contribution in [1.82, 2.24) is 4.90 Å². The first-order valence-corrected chi connectivity index (χ1v) is 11.4. The van der Waals surface area contributed by atoms with E-state index in [0.29, 0.717) is 21.2 Å². The van der Waals surface area contributed by atoms with Gasteiger partial charge in [-0.3, -0.25) is 14.7 Å². The van der Waals surface area contributed by atoms with Gasteiger partial charge in [0.05, 0.1) is 15.0 Å². The Bertz CT molecular complexity index is 1030. The summed E-state index contributed by atoms with van der Waals surface area (Å²) < 4.78 is 19.5. The molecule has 1 heterocycles. The van der Waals surface area contributed by atoms with Crippen molar-refractivity contribution < 1.29 is 13.9 Å². The van der Waals surface area contributed by atoms with Crippen molar-refractivity contribution in [2.45, 2.75) is 46.4 Å². The number of benzene rings is 2. The molecule has 164 valence electrons. The maximum absolute atomic E-state index is 13.8. The van der Waals surface area contributed by atoms with Gasteiger partial charge in [0, 0.05) is 17.6 Å². The van der Waals surface area contributed by atoms with Crippen LogP contribution in [0.15, 0.2) is 46.3 Å². The molecule has 31 heavy (non-hydrogen) atoms. The summed E-state index contributed by atoms with van der Waals surface area (Å²) in [4.78, 5) is 19.7. The number of rotatable bonds is 6. The zero-order valence-electron chi connectivity index (χ0n) is 17.7. The first kappa shape index (κ1) is 23.6. The molecular formula is C23H23Cl2FN2O2S. The molecule has 2 aromatic rings. The topological polar surface area (TPSA) is 41.9 Å². The van der Waals surface area contributed by atoms with E-state index in [-0.39, 0.29) is 46.2 Å².